The summed E-state index contributed by atoms with van der Waals surface area (Å²) in [6, 6.07) is 2.14. The molecule has 0 radical (unpaired) electrons. The fourth-order valence-electron chi connectivity index (χ4n) is 2.77. The maximum absolute atomic E-state index is 11.0. The summed E-state index contributed by atoms with van der Waals surface area (Å²) < 4.78 is 0. The second kappa shape index (κ2) is 7.93. The molecule has 1 aromatic rings. The van der Waals surface area contributed by atoms with Crippen LogP contribution in [0.25, 0.3) is 0 Å². The van der Waals surface area contributed by atoms with Gasteiger partial charge in [-0.05, 0) is 25.3 Å². The number of nitrogens with zero attached hydrogens (tertiary/aromatic N) is 2. The predicted molar refractivity (Wildman–Crippen MR) is 83.6 cm³/mol. The summed E-state index contributed by atoms with van der Waals surface area (Å²) in [5.41, 5.74) is 0.841. The van der Waals surface area contributed by atoms with Crippen LogP contribution in [-0.4, -0.2) is 29.0 Å². The number of pyridine rings is 1. The van der Waals surface area contributed by atoms with Gasteiger partial charge in [-0.3, -0.25) is 10.1 Å². The minimum Gasteiger partial charge on any atom is -0.363 e. The van der Waals surface area contributed by atoms with Crippen LogP contribution in [0.15, 0.2) is 12.3 Å². The summed E-state index contributed by atoms with van der Waals surface area (Å²) in [7, 11) is 0. The van der Waals surface area contributed by atoms with Gasteiger partial charge >= 0.3 is 5.69 Å². The smallest absolute Gasteiger partial charge is 0.311 e. The summed E-state index contributed by atoms with van der Waals surface area (Å²) in [6.45, 7) is 3.25. The highest BCUT2D eigenvalue weighted by Crippen LogP contribution is 2.22. The number of nitrogens with one attached hydrogen (secondary N) is 2. The highest BCUT2D eigenvalue weighted by atomic mass is 16.6. The van der Waals surface area contributed by atoms with Gasteiger partial charge in [0.25, 0.3) is 0 Å². The van der Waals surface area contributed by atoms with E-state index in [4.69, 9.17) is 0 Å². The maximum Gasteiger partial charge on any atom is 0.311 e. The van der Waals surface area contributed by atoms with Crippen molar-refractivity contribution in [1.29, 1.82) is 0 Å². The SMILES string of the molecule is Cc1cnc(NCCNC2CCCCCC2)c([N+](=O)[O-])c1. The van der Waals surface area contributed by atoms with Gasteiger partial charge in [-0.15, -0.1) is 0 Å². The quantitative estimate of drug-likeness (QED) is 0.364. The number of hydrogen-bond donors (Lipinski definition) is 2. The first kappa shape index (κ1) is 15.7. The van der Waals surface area contributed by atoms with E-state index in [-0.39, 0.29) is 10.6 Å². The Morgan fingerprint density at radius 1 is 1.29 bits per heavy atom. The Morgan fingerprint density at radius 3 is 2.67 bits per heavy atom. The third kappa shape index (κ3) is 4.97. The molecule has 116 valence electrons. The van der Waals surface area contributed by atoms with Crippen LogP contribution < -0.4 is 10.6 Å². The molecule has 0 aliphatic heterocycles. The van der Waals surface area contributed by atoms with E-state index in [1.165, 1.54) is 38.5 Å². The van der Waals surface area contributed by atoms with Crippen LogP contribution in [0.4, 0.5) is 11.5 Å². The molecule has 1 aliphatic rings. The van der Waals surface area contributed by atoms with E-state index >= 15 is 0 Å². The van der Waals surface area contributed by atoms with Crippen molar-refractivity contribution in [2.75, 3.05) is 18.4 Å². The van der Waals surface area contributed by atoms with Crippen molar-refractivity contribution in [3.63, 3.8) is 0 Å². The molecule has 2 N–H and O–H groups in total. The van der Waals surface area contributed by atoms with Crippen LogP contribution in [0, 0.1) is 17.0 Å². The molecule has 0 bridgehead atoms. The van der Waals surface area contributed by atoms with Gasteiger partial charge < -0.3 is 10.6 Å². The summed E-state index contributed by atoms with van der Waals surface area (Å²) in [5.74, 6) is 0.355. The molecular formula is C15H24N4O2. The van der Waals surface area contributed by atoms with Crippen molar-refractivity contribution in [2.45, 2.75) is 51.5 Å². The molecule has 0 amide bonds. The van der Waals surface area contributed by atoms with Crippen LogP contribution in [0.1, 0.15) is 44.1 Å². The minimum absolute atomic E-state index is 0.0458. The molecule has 0 aromatic carbocycles. The molecule has 1 aromatic heterocycles. The average Bonchev–Trinajstić information content (AvgIpc) is 2.73. The van der Waals surface area contributed by atoms with Gasteiger partial charge in [0.15, 0.2) is 0 Å². The summed E-state index contributed by atoms with van der Waals surface area (Å²) in [6.07, 6.45) is 9.41. The van der Waals surface area contributed by atoms with Gasteiger partial charge in [0.1, 0.15) is 0 Å². The van der Waals surface area contributed by atoms with E-state index in [2.05, 4.69) is 15.6 Å². The Kier molecular flexibility index (Phi) is 5.92. The molecule has 6 nitrogen and oxygen atoms in total. The topological polar surface area (TPSA) is 80.1 Å². The van der Waals surface area contributed by atoms with Crippen molar-refractivity contribution in [3.05, 3.63) is 27.9 Å². The van der Waals surface area contributed by atoms with Crippen LogP contribution in [0.2, 0.25) is 0 Å². The molecule has 21 heavy (non-hydrogen) atoms. The Balaban J connectivity index is 1.79. The van der Waals surface area contributed by atoms with Crippen LogP contribution >= 0.6 is 0 Å². The normalized spacial score (nSPS) is 16.4. The second-order valence-electron chi connectivity index (χ2n) is 5.71. The highest BCUT2D eigenvalue weighted by Gasteiger charge is 2.15. The largest absolute Gasteiger partial charge is 0.363 e. The van der Waals surface area contributed by atoms with Gasteiger partial charge in [0.05, 0.1) is 4.92 Å². The molecule has 6 heteroatoms. The summed E-state index contributed by atoms with van der Waals surface area (Å²) in [5, 5.41) is 17.6. The molecule has 1 fully saturated rings. The van der Waals surface area contributed by atoms with Crippen LogP contribution in [-0.2, 0) is 0 Å². The van der Waals surface area contributed by atoms with Gasteiger partial charge in [0, 0.05) is 31.4 Å². The number of rotatable bonds is 6. The molecule has 0 unspecified atom stereocenters. The van der Waals surface area contributed by atoms with Gasteiger partial charge in [0.2, 0.25) is 5.82 Å². The third-order valence-corrected chi connectivity index (χ3v) is 3.91. The van der Waals surface area contributed by atoms with Crippen molar-refractivity contribution in [1.82, 2.24) is 10.3 Å². The lowest BCUT2D eigenvalue weighted by molar-refractivity contribution is -0.384. The van der Waals surface area contributed by atoms with Crippen LogP contribution in [0.5, 0.6) is 0 Å². The van der Waals surface area contributed by atoms with Crippen molar-refractivity contribution >= 4 is 11.5 Å². The lowest BCUT2D eigenvalue weighted by atomic mass is 10.1. The summed E-state index contributed by atoms with van der Waals surface area (Å²) in [4.78, 5) is 14.7. The zero-order valence-corrected chi connectivity index (χ0v) is 12.6. The summed E-state index contributed by atoms with van der Waals surface area (Å²) >= 11 is 0. The molecule has 1 aliphatic carbocycles. The van der Waals surface area contributed by atoms with Gasteiger partial charge in [-0.25, -0.2) is 4.98 Å². The Hall–Kier alpha value is -1.69. The number of aryl methyl sites for hydroxylation is 1. The van der Waals surface area contributed by atoms with E-state index < -0.39 is 0 Å². The molecular weight excluding hydrogens is 268 g/mol. The molecule has 1 saturated carbocycles. The fourth-order valence-corrected chi connectivity index (χ4v) is 2.77. The van der Waals surface area contributed by atoms with Crippen molar-refractivity contribution in [3.8, 4) is 0 Å². The highest BCUT2D eigenvalue weighted by molar-refractivity contribution is 5.56. The Bertz CT molecular complexity index is 471. The average molecular weight is 292 g/mol. The standard InChI is InChI=1S/C15H24N4O2/c1-12-10-14(19(20)21)15(18-11-12)17-9-8-16-13-6-4-2-3-5-7-13/h10-11,13,16H,2-9H2,1H3,(H,17,18). The molecule has 1 heterocycles. The van der Waals surface area contributed by atoms with E-state index in [0.717, 1.165) is 12.1 Å². The minimum atomic E-state index is -0.388. The van der Waals surface area contributed by atoms with E-state index in [9.17, 15) is 10.1 Å². The van der Waals surface area contributed by atoms with Crippen molar-refractivity contribution < 1.29 is 4.92 Å². The first-order valence-electron chi connectivity index (χ1n) is 7.75. The molecule has 0 spiro atoms. The lowest BCUT2D eigenvalue weighted by Crippen LogP contribution is -2.32. The van der Waals surface area contributed by atoms with E-state index in [0.29, 0.717) is 18.4 Å². The number of hydrogen-bond acceptors (Lipinski definition) is 5. The van der Waals surface area contributed by atoms with E-state index in [1.54, 1.807) is 19.2 Å². The number of nitro groups is 1. The Labute approximate surface area is 125 Å². The van der Waals surface area contributed by atoms with Gasteiger partial charge in [-0.2, -0.15) is 0 Å². The fraction of sp³-hybridized carbons (Fsp3) is 0.667. The Morgan fingerprint density at radius 2 is 2.00 bits per heavy atom. The monoisotopic (exact) mass is 292 g/mol. The second-order valence-corrected chi connectivity index (χ2v) is 5.71. The zero-order chi connectivity index (χ0) is 15.1. The zero-order valence-electron chi connectivity index (χ0n) is 12.6. The number of anilines is 1. The number of aromatic nitrogens is 1. The molecule has 2 rings (SSSR count). The first-order chi connectivity index (χ1) is 10.2. The van der Waals surface area contributed by atoms with Crippen LogP contribution in [0.3, 0.4) is 0 Å². The van der Waals surface area contributed by atoms with Crippen molar-refractivity contribution in [2.24, 2.45) is 0 Å². The third-order valence-electron chi connectivity index (χ3n) is 3.91. The van der Waals surface area contributed by atoms with E-state index in [1.807, 2.05) is 0 Å². The lowest BCUT2D eigenvalue weighted by Gasteiger charge is -2.16. The molecule has 0 atom stereocenters. The predicted octanol–water partition coefficient (Wildman–Crippen LogP) is 3.02. The first-order valence-corrected chi connectivity index (χ1v) is 7.75. The maximum atomic E-state index is 11.0. The molecule has 0 saturated heterocycles. The van der Waals surface area contributed by atoms with Gasteiger partial charge in [-0.1, -0.05) is 25.7 Å².